The molecule has 11 aromatic carbocycles. The molecule has 13 aromatic rings. The number of anilines is 3. The van der Waals surface area contributed by atoms with E-state index in [-0.39, 0.29) is 0 Å². The van der Waals surface area contributed by atoms with E-state index in [0.717, 1.165) is 83.5 Å². The third-order valence-corrected chi connectivity index (χ3v) is 13.2. The van der Waals surface area contributed by atoms with Crippen molar-refractivity contribution in [2.75, 3.05) is 4.90 Å². The molecule has 13 rings (SSSR count). The van der Waals surface area contributed by atoms with Crippen LogP contribution in [0.3, 0.4) is 0 Å². The lowest BCUT2D eigenvalue weighted by atomic mass is 9.95. The molecule has 304 valence electrons. The Bertz CT molecular complexity index is 3910. The van der Waals surface area contributed by atoms with E-state index in [4.69, 9.17) is 4.42 Å². The van der Waals surface area contributed by atoms with Crippen LogP contribution in [0.4, 0.5) is 17.1 Å². The predicted molar refractivity (Wildman–Crippen MR) is 274 cm³/mol. The number of rotatable bonds is 7. The molecule has 0 saturated heterocycles. The number of hydrogen-bond donors (Lipinski definition) is 0. The molecule has 0 bridgehead atoms. The average molecular weight is 829 g/mol. The highest BCUT2D eigenvalue weighted by atomic mass is 16.3. The summed E-state index contributed by atoms with van der Waals surface area (Å²) >= 11 is 0. The van der Waals surface area contributed by atoms with Gasteiger partial charge in [0.05, 0.1) is 22.4 Å². The van der Waals surface area contributed by atoms with Crippen molar-refractivity contribution in [1.29, 1.82) is 0 Å². The Kier molecular flexibility index (Phi) is 8.53. The first-order valence-corrected chi connectivity index (χ1v) is 22.2. The van der Waals surface area contributed by atoms with Crippen LogP contribution in [0.1, 0.15) is 0 Å². The molecule has 0 atom stereocenters. The first kappa shape index (κ1) is 36.9. The number of para-hydroxylation sites is 4. The van der Waals surface area contributed by atoms with Crippen molar-refractivity contribution in [3.8, 4) is 39.1 Å². The zero-order valence-corrected chi connectivity index (χ0v) is 35.4. The fourth-order valence-corrected chi connectivity index (χ4v) is 10.2. The van der Waals surface area contributed by atoms with Crippen LogP contribution < -0.4 is 4.90 Å². The second-order valence-corrected chi connectivity index (χ2v) is 16.8. The molecule has 65 heavy (non-hydrogen) atoms. The zero-order chi connectivity index (χ0) is 42.8. The Balaban J connectivity index is 0.990. The van der Waals surface area contributed by atoms with Crippen LogP contribution in [0.5, 0.6) is 0 Å². The van der Waals surface area contributed by atoms with E-state index >= 15 is 0 Å². The average Bonchev–Trinajstić information content (AvgIpc) is 3.94. The zero-order valence-electron chi connectivity index (χ0n) is 35.4. The lowest BCUT2D eigenvalue weighted by Crippen LogP contribution is -2.12. The lowest BCUT2D eigenvalue weighted by Gasteiger charge is -2.30. The molecule has 0 aliphatic heterocycles. The third-order valence-electron chi connectivity index (χ3n) is 13.2. The highest BCUT2D eigenvalue weighted by Gasteiger charge is 2.23. The largest absolute Gasteiger partial charge is 0.455 e. The molecule has 0 spiro atoms. The van der Waals surface area contributed by atoms with Gasteiger partial charge in [-0.05, 0) is 105 Å². The fraction of sp³-hybridized carbons (Fsp3) is 0. The van der Waals surface area contributed by atoms with E-state index in [1.54, 1.807) is 0 Å². The molecule has 0 fully saturated rings. The van der Waals surface area contributed by atoms with Gasteiger partial charge in [0, 0.05) is 49.4 Å². The molecule has 2 heterocycles. The van der Waals surface area contributed by atoms with Gasteiger partial charge in [-0.3, -0.25) is 0 Å². The van der Waals surface area contributed by atoms with Gasteiger partial charge < -0.3 is 13.9 Å². The van der Waals surface area contributed by atoms with E-state index in [1.807, 2.05) is 0 Å². The summed E-state index contributed by atoms with van der Waals surface area (Å²) in [5.41, 5.74) is 15.4. The van der Waals surface area contributed by atoms with Crippen LogP contribution in [-0.4, -0.2) is 4.57 Å². The van der Waals surface area contributed by atoms with Crippen molar-refractivity contribution in [3.63, 3.8) is 0 Å². The number of benzene rings is 11. The van der Waals surface area contributed by atoms with E-state index in [9.17, 15) is 0 Å². The van der Waals surface area contributed by atoms with Gasteiger partial charge in [-0.15, -0.1) is 0 Å². The van der Waals surface area contributed by atoms with E-state index in [2.05, 4.69) is 252 Å². The van der Waals surface area contributed by atoms with Crippen LogP contribution in [-0.2, 0) is 0 Å². The van der Waals surface area contributed by atoms with Gasteiger partial charge >= 0.3 is 0 Å². The minimum atomic E-state index is 0.874. The topological polar surface area (TPSA) is 21.3 Å². The van der Waals surface area contributed by atoms with Crippen molar-refractivity contribution in [1.82, 2.24) is 4.57 Å². The van der Waals surface area contributed by atoms with Gasteiger partial charge in [0.25, 0.3) is 0 Å². The van der Waals surface area contributed by atoms with Crippen molar-refractivity contribution in [2.24, 2.45) is 0 Å². The molecule has 0 aliphatic carbocycles. The maximum absolute atomic E-state index is 6.72. The predicted octanol–water partition coefficient (Wildman–Crippen LogP) is 17.5. The number of hydrogen-bond acceptors (Lipinski definition) is 2. The minimum absolute atomic E-state index is 0.874. The van der Waals surface area contributed by atoms with Gasteiger partial charge in [-0.25, -0.2) is 0 Å². The summed E-state index contributed by atoms with van der Waals surface area (Å²) in [6.07, 6.45) is 0. The van der Waals surface area contributed by atoms with Crippen LogP contribution in [0.25, 0.3) is 104 Å². The molecule has 0 N–H and O–H groups in total. The van der Waals surface area contributed by atoms with Gasteiger partial charge in [0.1, 0.15) is 11.2 Å². The smallest absolute Gasteiger partial charge is 0.143 e. The Morgan fingerprint density at radius 1 is 0.338 bits per heavy atom. The Morgan fingerprint density at radius 2 is 0.923 bits per heavy atom. The highest BCUT2D eigenvalue weighted by Crippen LogP contribution is 2.48. The summed E-state index contributed by atoms with van der Waals surface area (Å²) in [6, 6.07) is 87.8. The molecule has 0 radical (unpaired) electrons. The molecular weight excluding hydrogens is 789 g/mol. The SMILES string of the molecule is c1cc(-c2ccc(N(c3ccccc3-c3ccc4ccccc4c3)c3ccccc3-c3cccc4oc5c6ccccc6ccc5c34)cc2)cc(-n2c3ccccc3c3ccccc32)c1. The maximum Gasteiger partial charge on any atom is 0.143 e. The van der Waals surface area contributed by atoms with Crippen molar-refractivity contribution < 1.29 is 4.42 Å². The van der Waals surface area contributed by atoms with Gasteiger partial charge in [-0.1, -0.05) is 176 Å². The van der Waals surface area contributed by atoms with Crippen molar-refractivity contribution in [2.45, 2.75) is 0 Å². The van der Waals surface area contributed by atoms with Crippen molar-refractivity contribution in [3.05, 3.63) is 243 Å². The maximum atomic E-state index is 6.72. The molecule has 0 unspecified atom stereocenters. The summed E-state index contributed by atoms with van der Waals surface area (Å²) in [5.74, 6) is 0. The highest BCUT2D eigenvalue weighted by molar-refractivity contribution is 6.20. The monoisotopic (exact) mass is 828 g/mol. The van der Waals surface area contributed by atoms with Gasteiger partial charge in [0.2, 0.25) is 0 Å². The van der Waals surface area contributed by atoms with Crippen LogP contribution in [0, 0.1) is 0 Å². The second-order valence-electron chi connectivity index (χ2n) is 16.8. The van der Waals surface area contributed by atoms with Crippen LogP contribution in [0.15, 0.2) is 247 Å². The molecule has 0 saturated carbocycles. The Hall–Kier alpha value is -8.66. The summed E-state index contributed by atoms with van der Waals surface area (Å²) in [7, 11) is 0. The number of aromatic nitrogens is 1. The summed E-state index contributed by atoms with van der Waals surface area (Å²) in [6.45, 7) is 0. The molecule has 3 nitrogen and oxygen atoms in total. The minimum Gasteiger partial charge on any atom is -0.455 e. The van der Waals surface area contributed by atoms with Gasteiger partial charge in [0.15, 0.2) is 0 Å². The molecule has 2 aromatic heterocycles. The second kappa shape index (κ2) is 15.0. The summed E-state index contributed by atoms with van der Waals surface area (Å²) in [5, 5.41) is 9.46. The number of fused-ring (bicyclic) bond motifs is 9. The van der Waals surface area contributed by atoms with Gasteiger partial charge in [-0.2, -0.15) is 0 Å². The Labute approximate surface area is 376 Å². The molecular formula is C62H40N2O. The quantitative estimate of drug-likeness (QED) is 0.160. The summed E-state index contributed by atoms with van der Waals surface area (Å²) < 4.78 is 9.11. The Morgan fingerprint density at radius 3 is 1.71 bits per heavy atom. The fourth-order valence-electron chi connectivity index (χ4n) is 10.2. The van der Waals surface area contributed by atoms with E-state index < -0.39 is 0 Å². The van der Waals surface area contributed by atoms with Crippen LogP contribution in [0.2, 0.25) is 0 Å². The first-order chi connectivity index (χ1) is 32.2. The van der Waals surface area contributed by atoms with E-state index in [1.165, 1.54) is 38.0 Å². The molecule has 0 amide bonds. The standard InChI is InChI=1S/C62H40N2O/c1-2-17-44-39-46(32-31-41(44)15-1)49-20-5-9-26-56(49)63(59-29-12-8-24-53(59)54-25-14-30-60-61(54)55-38-35-43-16-3-4-21-50(43)62(55)65-60)47-36-33-42(34-37-47)45-18-13-19-48(40-45)64-57-27-10-6-22-51(57)52-23-7-11-28-58(52)64/h1-40H. The number of nitrogens with zero attached hydrogens (tertiary/aromatic N) is 2. The molecule has 0 aliphatic rings. The molecule has 3 heteroatoms. The van der Waals surface area contributed by atoms with E-state index in [0.29, 0.717) is 0 Å². The lowest BCUT2D eigenvalue weighted by molar-refractivity contribution is 0.673. The van der Waals surface area contributed by atoms with Crippen molar-refractivity contribution >= 4 is 82.4 Å². The summed E-state index contributed by atoms with van der Waals surface area (Å²) in [4.78, 5) is 2.44. The number of furan rings is 1. The van der Waals surface area contributed by atoms with Crippen LogP contribution >= 0.6 is 0 Å². The first-order valence-electron chi connectivity index (χ1n) is 22.2. The normalized spacial score (nSPS) is 11.7. The third kappa shape index (κ3) is 6.05.